The third-order valence-electron chi connectivity index (χ3n) is 8.86. The van der Waals surface area contributed by atoms with Crippen LogP contribution in [-0.2, 0) is 10.4 Å². The third-order valence-corrected chi connectivity index (χ3v) is 8.86. The van der Waals surface area contributed by atoms with Gasteiger partial charge in [-0.15, -0.1) is 0 Å². The molecule has 2 aliphatic rings. The number of hydrogen-bond donors (Lipinski definition) is 2. The molecule has 0 saturated heterocycles. The van der Waals surface area contributed by atoms with Gasteiger partial charge in [0.05, 0.1) is 60.1 Å². The molecular formula is C32H34F3N7O. The van der Waals surface area contributed by atoms with Crippen molar-refractivity contribution >= 4 is 17.2 Å². The average Bonchev–Trinajstić information content (AvgIpc) is 3.61. The lowest BCUT2D eigenvalue weighted by Crippen LogP contribution is -2.46. The number of halogens is 3. The molecule has 0 radical (unpaired) electrons. The van der Waals surface area contributed by atoms with E-state index in [2.05, 4.69) is 33.4 Å². The minimum absolute atomic E-state index is 0.0377. The van der Waals surface area contributed by atoms with Crippen LogP contribution >= 0.6 is 0 Å². The van der Waals surface area contributed by atoms with Crippen molar-refractivity contribution in [1.29, 1.82) is 5.26 Å². The van der Waals surface area contributed by atoms with Crippen molar-refractivity contribution in [3.63, 3.8) is 0 Å². The van der Waals surface area contributed by atoms with Crippen LogP contribution in [0, 0.1) is 28.9 Å². The summed E-state index contributed by atoms with van der Waals surface area (Å²) in [6.07, 6.45) is 8.70. The molecule has 2 aliphatic carbocycles. The summed E-state index contributed by atoms with van der Waals surface area (Å²) in [5, 5.41) is 16.7. The molecule has 0 unspecified atom stereocenters. The zero-order valence-electron chi connectivity index (χ0n) is 23.9. The van der Waals surface area contributed by atoms with E-state index in [0.29, 0.717) is 43.8 Å². The molecule has 2 saturated carbocycles. The van der Waals surface area contributed by atoms with Crippen LogP contribution < -0.4 is 11.1 Å². The molecule has 11 heteroatoms. The Labute approximate surface area is 248 Å². The second-order valence-corrected chi connectivity index (χ2v) is 11.8. The normalized spacial score (nSPS) is 23.3. The van der Waals surface area contributed by atoms with Crippen molar-refractivity contribution in [2.24, 2.45) is 11.7 Å². The van der Waals surface area contributed by atoms with Crippen LogP contribution in [-0.4, -0.2) is 38.3 Å². The molecule has 3 heterocycles. The topological polar surface area (TPSA) is 114 Å². The molecule has 0 aliphatic heterocycles. The van der Waals surface area contributed by atoms with Crippen LogP contribution in [0.2, 0.25) is 0 Å². The van der Waals surface area contributed by atoms with E-state index in [1.165, 1.54) is 10.6 Å². The van der Waals surface area contributed by atoms with E-state index in [9.17, 15) is 0 Å². The summed E-state index contributed by atoms with van der Waals surface area (Å²) in [5.74, 6) is -1.05. The predicted molar refractivity (Wildman–Crippen MR) is 156 cm³/mol. The van der Waals surface area contributed by atoms with E-state index in [1.54, 1.807) is 24.7 Å². The van der Waals surface area contributed by atoms with Crippen LogP contribution in [0.3, 0.4) is 0 Å². The first-order valence-electron chi connectivity index (χ1n) is 14.8. The number of hydrogen-bond acceptors (Lipinski definition) is 7. The number of nitrogens with two attached hydrogens (primary N) is 1. The van der Waals surface area contributed by atoms with Crippen molar-refractivity contribution in [2.45, 2.75) is 75.6 Å². The quantitative estimate of drug-likeness (QED) is 0.220. The number of pyridine rings is 1. The summed E-state index contributed by atoms with van der Waals surface area (Å²) in [5.41, 5.74) is 6.98. The van der Waals surface area contributed by atoms with Crippen LogP contribution in [0.25, 0.3) is 16.8 Å². The molecule has 0 bridgehead atoms. The molecule has 1 aromatic carbocycles. The average molecular weight is 590 g/mol. The lowest BCUT2D eigenvalue weighted by Gasteiger charge is -2.39. The highest BCUT2D eigenvalue weighted by Crippen LogP contribution is 2.44. The highest BCUT2D eigenvalue weighted by Gasteiger charge is 2.37. The molecular weight excluding hydrogens is 555 g/mol. The monoisotopic (exact) mass is 589 g/mol. The summed E-state index contributed by atoms with van der Waals surface area (Å²) >= 11 is 0. The number of fused-ring (bicyclic) bond motifs is 1. The highest BCUT2D eigenvalue weighted by atomic mass is 19.1. The maximum absolute atomic E-state index is 15.3. The fourth-order valence-electron chi connectivity index (χ4n) is 6.73. The second-order valence-electron chi connectivity index (χ2n) is 11.8. The zero-order chi connectivity index (χ0) is 30.1. The van der Waals surface area contributed by atoms with E-state index in [0.717, 1.165) is 29.8 Å². The fourth-order valence-corrected chi connectivity index (χ4v) is 6.73. The molecule has 2 fully saturated rings. The van der Waals surface area contributed by atoms with Crippen molar-refractivity contribution in [1.82, 2.24) is 19.6 Å². The van der Waals surface area contributed by atoms with Crippen LogP contribution in [0.4, 0.5) is 24.8 Å². The van der Waals surface area contributed by atoms with Crippen molar-refractivity contribution in [2.75, 3.05) is 11.9 Å². The fraction of sp³-hybridized carbons (Fsp3) is 0.438. The Bertz CT molecular complexity index is 1630. The van der Waals surface area contributed by atoms with Gasteiger partial charge in [-0.3, -0.25) is 4.98 Å². The first kappa shape index (κ1) is 29.1. The SMILES string of the molecule is C[C@H]1C[C@@H](c2ccncc2Nc2ncc3ccc(-c4c(F)cc(C5(F)CCCC5)cc4F)nn23)C[C@@H](N)[C@H]1OCCC#N. The zero-order valence-corrected chi connectivity index (χ0v) is 23.9. The van der Waals surface area contributed by atoms with Gasteiger partial charge in [0.25, 0.3) is 0 Å². The molecule has 0 spiro atoms. The Kier molecular flexibility index (Phi) is 8.07. The molecule has 3 aromatic heterocycles. The molecule has 224 valence electrons. The number of nitrogens with zero attached hydrogens (tertiary/aromatic N) is 5. The summed E-state index contributed by atoms with van der Waals surface area (Å²) in [6.45, 7) is 2.47. The molecule has 43 heavy (non-hydrogen) atoms. The van der Waals surface area contributed by atoms with Gasteiger partial charge in [0.15, 0.2) is 0 Å². The number of rotatable bonds is 8. The van der Waals surface area contributed by atoms with Gasteiger partial charge in [0.1, 0.15) is 17.3 Å². The summed E-state index contributed by atoms with van der Waals surface area (Å²) in [4.78, 5) is 8.77. The molecule has 4 aromatic rings. The summed E-state index contributed by atoms with van der Waals surface area (Å²) in [7, 11) is 0. The molecule has 0 amide bonds. The number of benzene rings is 1. The number of nitrogens with one attached hydrogen (secondary N) is 1. The van der Waals surface area contributed by atoms with E-state index < -0.39 is 17.3 Å². The van der Waals surface area contributed by atoms with Gasteiger partial charge in [-0.05, 0) is 91.8 Å². The number of alkyl halides is 1. The van der Waals surface area contributed by atoms with Crippen LogP contribution in [0.1, 0.15) is 68.9 Å². The largest absolute Gasteiger partial charge is 0.375 e. The number of imidazole rings is 1. The van der Waals surface area contributed by atoms with Gasteiger partial charge in [-0.25, -0.2) is 18.2 Å². The van der Waals surface area contributed by atoms with Gasteiger partial charge in [-0.1, -0.05) is 6.92 Å². The number of ether oxygens (including phenoxy) is 1. The number of aromatic nitrogens is 4. The van der Waals surface area contributed by atoms with E-state index in [1.807, 2.05) is 6.07 Å². The predicted octanol–water partition coefficient (Wildman–Crippen LogP) is 6.69. The van der Waals surface area contributed by atoms with Gasteiger partial charge in [0, 0.05) is 12.2 Å². The van der Waals surface area contributed by atoms with E-state index >= 15 is 13.2 Å². The number of anilines is 2. The maximum Gasteiger partial charge on any atom is 0.229 e. The highest BCUT2D eigenvalue weighted by molar-refractivity contribution is 5.66. The Balaban J connectivity index is 1.27. The van der Waals surface area contributed by atoms with Gasteiger partial charge in [-0.2, -0.15) is 14.9 Å². The minimum Gasteiger partial charge on any atom is -0.375 e. The number of nitriles is 1. The maximum atomic E-state index is 15.3. The minimum atomic E-state index is -1.70. The molecule has 4 atom stereocenters. The lowest BCUT2D eigenvalue weighted by molar-refractivity contribution is -0.0198. The smallest absolute Gasteiger partial charge is 0.229 e. The van der Waals surface area contributed by atoms with Crippen molar-refractivity contribution < 1.29 is 17.9 Å². The molecule has 8 nitrogen and oxygen atoms in total. The molecule has 6 rings (SSSR count). The standard InChI is InChI=1S/C32H34F3N7O/c1-19-13-20(14-26(37)30(19)43-12-4-10-36)23-7-11-38-18-28(23)40-31-39-17-22-5-6-27(41-42(22)31)29-24(33)15-21(16-25(29)34)32(35)8-2-3-9-32/h5-7,11,15-20,26,30H,2-4,8-9,12-14,37H2,1H3,(H,39,40)/t19-,20+,26+,30-/m0/s1. The van der Waals surface area contributed by atoms with E-state index in [4.69, 9.17) is 15.7 Å². The Morgan fingerprint density at radius 3 is 2.63 bits per heavy atom. The first-order valence-corrected chi connectivity index (χ1v) is 14.8. The Morgan fingerprint density at radius 1 is 1.14 bits per heavy atom. The van der Waals surface area contributed by atoms with Gasteiger partial charge >= 0.3 is 0 Å². The summed E-state index contributed by atoms with van der Waals surface area (Å²) in [6, 6.07) is 9.26. The van der Waals surface area contributed by atoms with Crippen LogP contribution in [0.15, 0.2) is 48.9 Å². The third kappa shape index (κ3) is 5.69. The van der Waals surface area contributed by atoms with Crippen molar-refractivity contribution in [3.8, 4) is 17.3 Å². The Hall–Kier alpha value is -4.01. The first-order chi connectivity index (χ1) is 20.8. The van der Waals surface area contributed by atoms with Gasteiger partial charge in [0.2, 0.25) is 5.95 Å². The van der Waals surface area contributed by atoms with Crippen LogP contribution in [0.5, 0.6) is 0 Å². The summed E-state index contributed by atoms with van der Waals surface area (Å²) < 4.78 is 53.3. The van der Waals surface area contributed by atoms with Gasteiger partial charge < -0.3 is 15.8 Å². The molecule has 3 N–H and O–H groups in total. The second kappa shape index (κ2) is 11.9. The van der Waals surface area contributed by atoms with E-state index in [-0.39, 0.29) is 53.6 Å². The Morgan fingerprint density at radius 2 is 1.91 bits per heavy atom. The van der Waals surface area contributed by atoms with Crippen molar-refractivity contribution in [3.05, 3.63) is 71.7 Å². The lowest BCUT2D eigenvalue weighted by atomic mass is 9.74.